The zero-order valence-corrected chi connectivity index (χ0v) is 17.6. The lowest BCUT2D eigenvalue weighted by Gasteiger charge is -2.23. The third-order valence-electron chi connectivity index (χ3n) is 4.40. The Kier molecular flexibility index (Phi) is 7.58. The van der Waals surface area contributed by atoms with Gasteiger partial charge in [-0.3, -0.25) is 4.79 Å². The van der Waals surface area contributed by atoms with Gasteiger partial charge in [-0.2, -0.15) is 4.31 Å². The number of nitrogens with one attached hydrogen (secondary N) is 1. The highest BCUT2D eigenvalue weighted by Crippen LogP contribution is 2.28. The van der Waals surface area contributed by atoms with Crippen LogP contribution in [0.4, 0.5) is 4.39 Å². The molecule has 0 bridgehead atoms. The number of likely N-dealkylation sites (N-methyl/N-ethyl adjacent to an activating group) is 1. The van der Waals surface area contributed by atoms with Crippen LogP contribution in [0.5, 0.6) is 11.5 Å². The number of rotatable bonds is 9. The van der Waals surface area contributed by atoms with Gasteiger partial charge in [0.05, 0.1) is 26.8 Å². The molecule has 0 aromatic heterocycles. The van der Waals surface area contributed by atoms with Gasteiger partial charge in [-0.25, -0.2) is 12.8 Å². The number of halogens is 1. The minimum Gasteiger partial charge on any atom is -0.496 e. The maximum Gasteiger partial charge on any atom is 0.247 e. The van der Waals surface area contributed by atoms with E-state index in [0.29, 0.717) is 5.75 Å². The summed E-state index contributed by atoms with van der Waals surface area (Å²) >= 11 is 0. The Labute approximate surface area is 170 Å². The van der Waals surface area contributed by atoms with Crippen LogP contribution in [-0.2, 0) is 14.8 Å². The Hall–Kier alpha value is -2.65. The molecule has 29 heavy (non-hydrogen) atoms. The minimum absolute atomic E-state index is 0.00708. The van der Waals surface area contributed by atoms with Gasteiger partial charge in [0.2, 0.25) is 15.9 Å². The number of hydrogen-bond donors (Lipinski definition) is 1. The normalized spacial score (nSPS) is 12.5. The van der Waals surface area contributed by atoms with Crippen LogP contribution in [0, 0.1) is 5.82 Å². The van der Waals surface area contributed by atoms with E-state index in [4.69, 9.17) is 9.47 Å². The summed E-state index contributed by atoms with van der Waals surface area (Å²) in [6.07, 6.45) is 0. The average molecular weight is 424 g/mol. The summed E-state index contributed by atoms with van der Waals surface area (Å²) in [7, 11) is -1.31. The minimum atomic E-state index is -4.14. The highest BCUT2D eigenvalue weighted by Gasteiger charge is 2.29. The monoisotopic (exact) mass is 424 g/mol. The zero-order chi connectivity index (χ0) is 21.6. The molecule has 2 aromatic rings. The molecule has 7 nitrogen and oxygen atoms in total. The van der Waals surface area contributed by atoms with Crippen LogP contribution >= 0.6 is 0 Å². The number of methoxy groups -OCH3 is 2. The van der Waals surface area contributed by atoms with E-state index in [-0.39, 0.29) is 17.2 Å². The van der Waals surface area contributed by atoms with Crippen molar-refractivity contribution in [2.24, 2.45) is 0 Å². The molecule has 0 heterocycles. The smallest absolute Gasteiger partial charge is 0.247 e. The molecule has 1 N–H and O–H groups in total. The number of carbonyl (C=O) groups is 1. The standard InChI is InChI=1S/C20H25FN2O5S/c1-5-23(29(25,26)19-12-15(21)10-11-18(19)28-4)13-20(24)22-14(2)16-8-6-7-9-17(16)27-3/h6-12,14H,5,13H2,1-4H3,(H,22,24)/t14-/m1/s1. The molecule has 2 rings (SSSR count). The molecule has 9 heteroatoms. The first kappa shape index (κ1) is 22.6. The fourth-order valence-corrected chi connectivity index (χ4v) is 4.48. The summed E-state index contributed by atoms with van der Waals surface area (Å²) in [5.74, 6) is -0.587. The molecule has 158 valence electrons. The molecule has 0 aliphatic heterocycles. The molecule has 0 saturated heterocycles. The predicted molar refractivity (Wildman–Crippen MR) is 107 cm³/mol. The van der Waals surface area contributed by atoms with Crippen LogP contribution < -0.4 is 14.8 Å². The molecule has 0 aliphatic rings. The van der Waals surface area contributed by atoms with E-state index in [2.05, 4.69) is 5.32 Å². The number of sulfonamides is 1. The summed E-state index contributed by atoms with van der Waals surface area (Å²) in [6, 6.07) is 10.0. The molecule has 2 aromatic carbocycles. The van der Waals surface area contributed by atoms with Gasteiger partial charge in [0, 0.05) is 12.1 Å². The van der Waals surface area contributed by atoms with Crippen molar-refractivity contribution in [3.8, 4) is 11.5 Å². The van der Waals surface area contributed by atoms with Crippen LogP contribution in [0.2, 0.25) is 0 Å². The van der Waals surface area contributed by atoms with Gasteiger partial charge in [0.25, 0.3) is 0 Å². The quantitative estimate of drug-likeness (QED) is 0.669. The molecule has 0 spiro atoms. The molecule has 0 unspecified atom stereocenters. The third kappa shape index (κ3) is 5.24. The van der Waals surface area contributed by atoms with E-state index in [1.165, 1.54) is 20.3 Å². The summed E-state index contributed by atoms with van der Waals surface area (Å²) in [5.41, 5.74) is 0.765. The van der Waals surface area contributed by atoms with Gasteiger partial charge < -0.3 is 14.8 Å². The van der Waals surface area contributed by atoms with E-state index in [1.54, 1.807) is 19.9 Å². The number of para-hydroxylation sites is 1. The molecule has 0 saturated carbocycles. The van der Waals surface area contributed by atoms with Gasteiger partial charge in [-0.15, -0.1) is 0 Å². The first-order valence-corrected chi connectivity index (χ1v) is 10.4. The first-order valence-electron chi connectivity index (χ1n) is 9.00. The maximum absolute atomic E-state index is 13.6. The highest BCUT2D eigenvalue weighted by atomic mass is 32.2. The van der Waals surface area contributed by atoms with E-state index in [0.717, 1.165) is 22.0 Å². The van der Waals surface area contributed by atoms with Crippen LogP contribution in [0.3, 0.4) is 0 Å². The van der Waals surface area contributed by atoms with Gasteiger partial charge >= 0.3 is 0 Å². The number of nitrogens with zero attached hydrogens (tertiary/aromatic N) is 1. The molecule has 1 amide bonds. The van der Waals surface area contributed by atoms with Gasteiger partial charge in [0.1, 0.15) is 22.2 Å². The Bertz CT molecular complexity index is 965. The zero-order valence-electron chi connectivity index (χ0n) is 16.8. The van der Waals surface area contributed by atoms with Crippen molar-refractivity contribution >= 4 is 15.9 Å². The molecule has 0 aliphatic carbocycles. The summed E-state index contributed by atoms with van der Waals surface area (Å²) < 4.78 is 50.9. The van der Waals surface area contributed by atoms with E-state index in [9.17, 15) is 17.6 Å². The van der Waals surface area contributed by atoms with Crippen molar-refractivity contribution in [3.05, 3.63) is 53.8 Å². The van der Waals surface area contributed by atoms with Crippen molar-refractivity contribution in [2.45, 2.75) is 24.8 Å². The fourth-order valence-electron chi connectivity index (χ4n) is 2.91. The molecule has 1 atom stereocenters. The van der Waals surface area contributed by atoms with Gasteiger partial charge in [-0.1, -0.05) is 25.1 Å². The van der Waals surface area contributed by atoms with Crippen LogP contribution in [0.15, 0.2) is 47.4 Å². The third-order valence-corrected chi connectivity index (χ3v) is 6.34. The fraction of sp³-hybridized carbons (Fsp3) is 0.350. The van der Waals surface area contributed by atoms with Crippen LogP contribution in [-0.4, -0.2) is 45.9 Å². The number of carbonyl (C=O) groups excluding carboxylic acids is 1. The van der Waals surface area contributed by atoms with Crippen molar-refractivity contribution < 1.29 is 27.1 Å². The SMILES string of the molecule is CCN(CC(=O)N[C@H](C)c1ccccc1OC)S(=O)(=O)c1cc(F)ccc1OC. The molecule has 0 fully saturated rings. The number of amides is 1. The van der Waals surface area contributed by atoms with Crippen molar-refractivity contribution in [3.63, 3.8) is 0 Å². The van der Waals surface area contributed by atoms with Crippen molar-refractivity contribution in [1.29, 1.82) is 0 Å². The lowest BCUT2D eigenvalue weighted by Crippen LogP contribution is -2.41. The van der Waals surface area contributed by atoms with Crippen molar-refractivity contribution in [2.75, 3.05) is 27.3 Å². The topological polar surface area (TPSA) is 84.9 Å². The maximum atomic E-state index is 13.6. The average Bonchev–Trinajstić information content (AvgIpc) is 2.71. The van der Waals surface area contributed by atoms with Crippen LogP contribution in [0.25, 0.3) is 0 Å². The van der Waals surface area contributed by atoms with Crippen LogP contribution in [0.1, 0.15) is 25.5 Å². The first-order chi connectivity index (χ1) is 13.7. The predicted octanol–water partition coefficient (Wildman–Crippen LogP) is 2.73. The van der Waals surface area contributed by atoms with E-state index < -0.39 is 34.3 Å². The lowest BCUT2D eigenvalue weighted by molar-refractivity contribution is -0.121. The lowest BCUT2D eigenvalue weighted by atomic mass is 10.1. The highest BCUT2D eigenvalue weighted by molar-refractivity contribution is 7.89. The Morgan fingerprint density at radius 1 is 1.14 bits per heavy atom. The second-order valence-corrected chi connectivity index (χ2v) is 8.16. The largest absolute Gasteiger partial charge is 0.496 e. The molecular formula is C20H25FN2O5S. The number of ether oxygens (including phenoxy) is 2. The van der Waals surface area contributed by atoms with E-state index >= 15 is 0 Å². The Morgan fingerprint density at radius 2 is 1.79 bits per heavy atom. The second kappa shape index (κ2) is 9.71. The van der Waals surface area contributed by atoms with Gasteiger partial charge in [0.15, 0.2) is 0 Å². The Morgan fingerprint density at radius 3 is 2.41 bits per heavy atom. The van der Waals surface area contributed by atoms with E-state index in [1.807, 2.05) is 18.2 Å². The second-order valence-electron chi connectivity index (χ2n) is 6.26. The molecular weight excluding hydrogens is 399 g/mol. The number of benzene rings is 2. The number of hydrogen-bond acceptors (Lipinski definition) is 5. The summed E-state index contributed by atoms with van der Waals surface area (Å²) in [4.78, 5) is 12.2. The van der Waals surface area contributed by atoms with Gasteiger partial charge in [-0.05, 0) is 31.2 Å². The van der Waals surface area contributed by atoms with Crippen molar-refractivity contribution in [1.82, 2.24) is 9.62 Å². The summed E-state index contributed by atoms with van der Waals surface area (Å²) in [6.45, 7) is 2.98. The summed E-state index contributed by atoms with van der Waals surface area (Å²) in [5, 5.41) is 2.77. The Balaban J connectivity index is 2.20. The molecule has 0 radical (unpaired) electrons.